The van der Waals surface area contributed by atoms with Gasteiger partial charge in [0.05, 0.1) is 4.90 Å². The molecule has 2 aromatic rings. The van der Waals surface area contributed by atoms with E-state index in [9.17, 15) is 8.42 Å². The number of nitrogens with two attached hydrogens (primary N) is 1. The lowest BCUT2D eigenvalue weighted by Crippen LogP contribution is -2.13. The molecular formula is C15H15BrClNO2S. The maximum Gasteiger partial charge on any atom is 0.175 e. The molecule has 0 saturated heterocycles. The summed E-state index contributed by atoms with van der Waals surface area (Å²) in [7, 11) is -3.18. The maximum absolute atomic E-state index is 11.4. The average Bonchev–Trinajstić information content (AvgIpc) is 2.41. The monoisotopic (exact) mass is 387 g/mol. The van der Waals surface area contributed by atoms with Gasteiger partial charge >= 0.3 is 0 Å². The predicted octanol–water partition coefficient (Wildman–Crippen LogP) is 3.75. The smallest absolute Gasteiger partial charge is 0.175 e. The molecule has 0 bridgehead atoms. The van der Waals surface area contributed by atoms with Crippen LogP contribution in [0.15, 0.2) is 51.8 Å². The van der Waals surface area contributed by atoms with Crippen molar-refractivity contribution in [1.82, 2.24) is 0 Å². The largest absolute Gasteiger partial charge is 0.324 e. The first kappa shape index (κ1) is 16.5. The Morgan fingerprint density at radius 2 is 1.81 bits per heavy atom. The molecule has 0 fully saturated rings. The molecule has 0 aliphatic heterocycles. The van der Waals surface area contributed by atoms with E-state index in [2.05, 4.69) is 15.9 Å². The van der Waals surface area contributed by atoms with Crippen LogP contribution in [0.2, 0.25) is 5.02 Å². The number of benzene rings is 2. The molecule has 21 heavy (non-hydrogen) atoms. The van der Waals surface area contributed by atoms with Gasteiger partial charge in [0.1, 0.15) is 0 Å². The van der Waals surface area contributed by atoms with Crippen molar-refractivity contribution in [2.24, 2.45) is 5.73 Å². The third-order valence-electron chi connectivity index (χ3n) is 3.19. The zero-order valence-electron chi connectivity index (χ0n) is 11.4. The highest BCUT2D eigenvalue weighted by Crippen LogP contribution is 2.25. The average molecular weight is 389 g/mol. The summed E-state index contributed by atoms with van der Waals surface area (Å²) in [6, 6.07) is 12.1. The van der Waals surface area contributed by atoms with Crippen LogP contribution in [-0.4, -0.2) is 14.7 Å². The number of halogens is 2. The van der Waals surface area contributed by atoms with Gasteiger partial charge in [0.2, 0.25) is 0 Å². The van der Waals surface area contributed by atoms with Crippen molar-refractivity contribution in [3.05, 3.63) is 63.1 Å². The van der Waals surface area contributed by atoms with E-state index in [0.29, 0.717) is 16.3 Å². The Morgan fingerprint density at radius 3 is 2.33 bits per heavy atom. The standard InChI is InChI=1S/C15H15BrClNO2S/c1-21(19,20)13-6-3-10(4-7-13)15(18)8-11-2-5-12(16)9-14(11)17/h2-7,9,15H,8,18H2,1H3. The van der Waals surface area contributed by atoms with Crippen LogP contribution in [0.4, 0.5) is 0 Å². The third kappa shape index (κ3) is 4.30. The van der Waals surface area contributed by atoms with Gasteiger partial charge in [-0.3, -0.25) is 0 Å². The Morgan fingerprint density at radius 1 is 1.19 bits per heavy atom. The second kappa shape index (κ2) is 6.48. The first-order valence-electron chi connectivity index (χ1n) is 6.27. The topological polar surface area (TPSA) is 60.2 Å². The molecule has 2 N–H and O–H groups in total. The second-order valence-corrected chi connectivity index (χ2v) is 8.23. The summed E-state index contributed by atoms with van der Waals surface area (Å²) in [6.07, 6.45) is 1.77. The Labute approximate surface area is 138 Å². The van der Waals surface area contributed by atoms with Gasteiger partial charge in [-0.2, -0.15) is 0 Å². The van der Waals surface area contributed by atoms with Crippen LogP contribution >= 0.6 is 27.5 Å². The summed E-state index contributed by atoms with van der Waals surface area (Å²) in [5.41, 5.74) is 8.01. The molecule has 2 aromatic carbocycles. The molecule has 0 spiro atoms. The first-order chi connectivity index (χ1) is 9.77. The van der Waals surface area contributed by atoms with Crippen molar-refractivity contribution in [3.8, 4) is 0 Å². The fraction of sp³-hybridized carbons (Fsp3) is 0.200. The zero-order chi connectivity index (χ0) is 15.6. The molecule has 112 valence electrons. The Bertz CT molecular complexity index is 745. The van der Waals surface area contributed by atoms with Crippen LogP contribution < -0.4 is 5.73 Å². The van der Waals surface area contributed by atoms with Crippen molar-refractivity contribution < 1.29 is 8.42 Å². The number of rotatable bonds is 4. The van der Waals surface area contributed by atoms with Gasteiger partial charge in [-0.25, -0.2) is 8.42 Å². The minimum Gasteiger partial charge on any atom is -0.324 e. The van der Waals surface area contributed by atoms with Gasteiger partial charge in [0.25, 0.3) is 0 Å². The Balaban J connectivity index is 2.18. The van der Waals surface area contributed by atoms with Gasteiger partial charge in [-0.1, -0.05) is 45.7 Å². The molecule has 1 unspecified atom stereocenters. The lowest BCUT2D eigenvalue weighted by Gasteiger charge is -2.14. The minimum absolute atomic E-state index is 0.239. The Hall–Kier alpha value is -0.880. The zero-order valence-corrected chi connectivity index (χ0v) is 14.5. The molecular weight excluding hydrogens is 374 g/mol. The summed E-state index contributed by atoms with van der Waals surface area (Å²) < 4.78 is 23.8. The highest BCUT2D eigenvalue weighted by Gasteiger charge is 2.12. The van der Waals surface area contributed by atoms with E-state index in [-0.39, 0.29) is 6.04 Å². The first-order valence-corrected chi connectivity index (χ1v) is 9.33. The molecule has 0 heterocycles. The number of sulfone groups is 1. The quantitative estimate of drug-likeness (QED) is 0.867. The summed E-state index contributed by atoms with van der Waals surface area (Å²) in [5, 5.41) is 0.660. The molecule has 0 radical (unpaired) electrons. The van der Waals surface area contributed by atoms with E-state index in [1.807, 2.05) is 18.2 Å². The Kier molecular flexibility index (Phi) is 5.09. The van der Waals surface area contributed by atoms with Gasteiger partial charge in [0.15, 0.2) is 9.84 Å². The predicted molar refractivity (Wildman–Crippen MR) is 89.3 cm³/mol. The lowest BCUT2D eigenvalue weighted by atomic mass is 10.00. The molecule has 6 heteroatoms. The van der Waals surface area contributed by atoms with Crippen LogP contribution in [-0.2, 0) is 16.3 Å². The summed E-state index contributed by atoms with van der Waals surface area (Å²) in [6.45, 7) is 0. The lowest BCUT2D eigenvalue weighted by molar-refractivity contribution is 0.601. The van der Waals surface area contributed by atoms with Gasteiger partial charge in [0, 0.05) is 21.8 Å². The molecule has 0 saturated carbocycles. The highest BCUT2D eigenvalue weighted by atomic mass is 79.9. The van der Waals surface area contributed by atoms with E-state index in [1.54, 1.807) is 24.3 Å². The van der Waals surface area contributed by atoms with E-state index >= 15 is 0 Å². The number of hydrogen-bond donors (Lipinski definition) is 1. The third-order valence-corrected chi connectivity index (χ3v) is 5.16. The fourth-order valence-electron chi connectivity index (χ4n) is 2.00. The minimum atomic E-state index is -3.18. The molecule has 1 atom stereocenters. The van der Waals surface area contributed by atoms with Gasteiger partial charge < -0.3 is 5.73 Å². The van der Waals surface area contributed by atoms with Gasteiger partial charge in [-0.05, 0) is 41.8 Å². The van der Waals surface area contributed by atoms with Crippen molar-refractivity contribution in [2.45, 2.75) is 17.4 Å². The van der Waals surface area contributed by atoms with Gasteiger partial charge in [-0.15, -0.1) is 0 Å². The molecule has 3 nitrogen and oxygen atoms in total. The SMILES string of the molecule is CS(=O)(=O)c1ccc(C(N)Cc2ccc(Br)cc2Cl)cc1. The highest BCUT2D eigenvalue weighted by molar-refractivity contribution is 9.10. The van der Waals surface area contributed by atoms with Crippen LogP contribution in [0, 0.1) is 0 Å². The molecule has 0 amide bonds. The van der Waals surface area contributed by atoms with Crippen LogP contribution in [0.5, 0.6) is 0 Å². The molecule has 0 aliphatic rings. The molecule has 2 rings (SSSR count). The van der Waals surface area contributed by atoms with E-state index in [1.165, 1.54) is 6.26 Å². The van der Waals surface area contributed by atoms with E-state index < -0.39 is 9.84 Å². The van der Waals surface area contributed by atoms with Crippen molar-refractivity contribution in [3.63, 3.8) is 0 Å². The van der Waals surface area contributed by atoms with Crippen molar-refractivity contribution in [1.29, 1.82) is 0 Å². The van der Waals surface area contributed by atoms with Crippen LogP contribution in [0.1, 0.15) is 17.2 Å². The van der Waals surface area contributed by atoms with Crippen molar-refractivity contribution in [2.75, 3.05) is 6.26 Å². The fourth-order valence-corrected chi connectivity index (χ4v) is 3.39. The second-order valence-electron chi connectivity index (χ2n) is 4.89. The summed E-state index contributed by atoms with van der Waals surface area (Å²) >= 11 is 9.54. The van der Waals surface area contributed by atoms with Crippen molar-refractivity contribution >= 4 is 37.4 Å². The van der Waals surface area contributed by atoms with E-state index in [0.717, 1.165) is 15.6 Å². The van der Waals surface area contributed by atoms with Crippen LogP contribution in [0.3, 0.4) is 0 Å². The normalized spacial score (nSPS) is 13.1. The van der Waals surface area contributed by atoms with Crippen LogP contribution in [0.25, 0.3) is 0 Å². The number of hydrogen-bond acceptors (Lipinski definition) is 3. The summed E-state index contributed by atoms with van der Waals surface area (Å²) in [4.78, 5) is 0.292. The molecule has 0 aliphatic carbocycles. The molecule has 0 aromatic heterocycles. The maximum atomic E-state index is 11.4. The summed E-state index contributed by atoms with van der Waals surface area (Å²) in [5.74, 6) is 0. The van der Waals surface area contributed by atoms with E-state index in [4.69, 9.17) is 17.3 Å².